The van der Waals surface area contributed by atoms with Gasteiger partial charge in [-0.1, -0.05) is 6.85 Å². The molecule has 0 saturated heterocycles. The zero-order chi connectivity index (χ0) is 35.1. The Balaban J connectivity index is 1.80. The van der Waals surface area contributed by atoms with E-state index >= 15 is 0 Å². The Kier molecular flexibility index (Phi) is 3.02. The van der Waals surface area contributed by atoms with Crippen LogP contribution in [0.3, 0.4) is 0 Å². The number of halogens is 3. The van der Waals surface area contributed by atoms with E-state index in [1.165, 1.54) is 36.0 Å². The molecule has 3 aromatic heterocycles. The van der Waals surface area contributed by atoms with E-state index in [1.807, 2.05) is 0 Å². The molecule has 1 atom stereocenters. The lowest BCUT2D eigenvalue weighted by atomic mass is 10.1. The van der Waals surface area contributed by atoms with E-state index < -0.39 is 62.7 Å². The van der Waals surface area contributed by atoms with Gasteiger partial charge in [-0.25, -0.2) is 9.97 Å². The number of fused-ring (bicyclic) bond motifs is 3. The van der Waals surface area contributed by atoms with E-state index in [0.717, 1.165) is 23.0 Å². The molecule has 0 bridgehead atoms. The monoisotopic (exact) mass is 496 g/mol. The third-order valence-electron chi connectivity index (χ3n) is 5.15. The lowest BCUT2D eigenvalue weighted by Crippen LogP contribution is -2.41. The van der Waals surface area contributed by atoms with Crippen LogP contribution < -0.4 is 9.64 Å². The molecule has 12 heteroatoms. The number of aryl methyl sites for hydroxylation is 1. The molecule has 1 unspecified atom stereocenters. The molecule has 1 aromatic carbocycles. The van der Waals surface area contributed by atoms with Gasteiger partial charge >= 0.3 is 6.36 Å². The van der Waals surface area contributed by atoms with Gasteiger partial charge in [-0.2, -0.15) is 4.98 Å². The lowest BCUT2D eigenvalue weighted by Gasteiger charge is -2.40. The van der Waals surface area contributed by atoms with Crippen LogP contribution >= 0.6 is 0 Å². The highest BCUT2D eigenvalue weighted by Gasteiger charge is 2.36. The molecular weight excluding hydrogens is 461 g/mol. The fraction of sp³-hybridized carbons (Fsp3) is 0.348. The Bertz CT molecular complexity index is 1780. The van der Waals surface area contributed by atoms with Gasteiger partial charge in [0, 0.05) is 39.1 Å². The van der Waals surface area contributed by atoms with Crippen LogP contribution in [-0.4, -0.2) is 46.7 Å². The second kappa shape index (κ2) is 8.36. The fourth-order valence-corrected chi connectivity index (χ4v) is 3.78. The summed E-state index contributed by atoms with van der Waals surface area (Å²) < 4.78 is 144. The van der Waals surface area contributed by atoms with Gasteiger partial charge in [0.1, 0.15) is 23.6 Å². The van der Waals surface area contributed by atoms with Crippen LogP contribution in [-0.2, 0) is 0 Å². The maximum atomic E-state index is 12.7. The van der Waals surface area contributed by atoms with Crippen LogP contribution in [0.5, 0.6) is 5.75 Å². The standard InChI is InChI=1S/C23H23F3N8O/c1-5-17-20-31-28-12-33(20)18-14(4)29-22(30-21(18)34(17)13(2)3)32-11-10-27-19(32)15-6-8-16(9-7-15)35-23(24,25)26/h6-13,17H,5H2,1-4H3/i1D3,2D3,3D3,5D2,13D. The molecular formula is C23H23F3N8O. The minimum absolute atomic E-state index is 0.0101. The van der Waals surface area contributed by atoms with E-state index in [9.17, 15) is 13.2 Å². The van der Waals surface area contributed by atoms with E-state index in [2.05, 4.69) is 29.9 Å². The molecule has 0 aliphatic carbocycles. The van der Waals surface area contributed by atoms with Crippen molar-refractivity contribution in [3.63, 3.8) is 0 Å². The Labute approximate surface area is 216 Å². The zero-order valence-electron chi connectivity index (χ0n) is 29.7. The van der Waals surface area contributed by atoms with Crippen LogP contribution in [0.1, 0.15) is 60.9 Å². The number of nitrogens with zero attached hydrogens (tertiary/aromatic N) is 8. The van der Waals surface area contributed by atoms with Crippen LogP contribution in [0.25, 0.3) is 23.0 Å². The highest BCUT2D eigenvalue weighted by atomic mass is 19.4. The van der Waals surface area contributed by atoms with Crippen LogP contribution in [0.4, 0.5) is 19.0 Å². The van der Waals surface area contributed by atoms with E-state index in [1.54, 1.807) is 0 Å². The summed E-state index contributed by atoms with van der Waals surface area (Å²) in [6, 6.07) is -1.54. The van der Waals surface area contributed by atoms with Crippen molar-refractivity contribution in [3.05, 3.63) is 54.5 Å². The number of aromatic nitrogens is 7. The van der Waals surface area contributed by atoms with E-state index in [-0.39, 0.29) is 33.6 Å². The minimum atomic E-state index is -4.94. The second-order valence-corrected chi connectivity index (χ2v) is 7.30. The van der Waals surface area contributed by atoms with Crippen molar-refractivity contribution in [2.75, 3.05) is 4.90 Å². The molecule has 1 aliphatic heterocycles. The molecule has 4 heterocycles. The third-order valence-corrected chi connectivity index (χ3v) is 5.15. The summed E-state index contributed by atoms with van der Waals surface area (Å²) in [5.41, 5.74) is 0.0839. The summed E-state index contributed by atoms with van der Waals surface area (Å²) in [6.45, 7) is -9.58. The van der Waals surface area contributed by atoms with Crippen molar-refractivity contribution < 1.29 is 34.4 Å². The molecule has 35 heavy (non-hydrogen) atoms. The molecule has 0 spiro atoms. The smallest absolute Gasteiger partial charge is 0.406 e. The first-order valence-corrected chi connectivity index (χ1v) is 9.88. The molecule has 4 aromatic rings. The summed E-state index contributed by atoms with van der Waals surface area (Å²) in [7, 11) is 0. The topological polar surface area (TPSA) is 86.8 Å². The van der Waals surface area contributed by atoms with Gasteiger partial charge in [-0.05, 0) is 51.3 Å². The van der Waals surface area contributed by atoms with Crippen molar-refractivity contribution in [1.82, 2.24) is 34.3 Å². The normalized spacial score (nSPS) is 22.2. The zero-order valence-corrected chi connectivity index (χ0v) is 17.7. The predicted molar refractivity (Wildman–Crippen MR) is 122 cm³/mol. The Morgan fingerprint density at radius 2 is 2.00 bits per heavy atom. The number of alkyl halides is 3. The van der Waals surface area contributed by atoms with Gasteiger partial charge in [0.25, 0.3) is 0 Å². The summed E-state index contributed by atoms with van der Waals surface area (Å²) >= 11 is 0. The number of anilines is 1. The first-order valence-electron chi connectivity index (χ1n) is 15.9. The largest absolute Gasteiger partial charge is 0.573 e. The van der Waals surface area contributed by atoms with E-state index in [0.29, 0.717) is 0 Å². The number of hydrogen-bond acceptors (Lipinski definition) is 7. The SMILES string of the molecule is [2H]C([2H])([2H])C([2H])([2H])C1c2nncn2-c2c(C)nc(-n3ccnc3-c3ccc(OC(F)(F)F)cc3)nc2N1C([2H])(C([2H])([2H])[2H])C([2H])([2H])[2H]. The van der Waals surface area contributed by atoms with Gasteiger partial charge in [0.05, 0.1) is 13.1 Å². The average molecular weight is 497 g/mol. The van der Waals surface area contributed by atoms with Crippen molar-refractivity contribution in [1.29, 1.82) is 0 Å². The van der Waals surface area contributed by atoms with Gasteiger partial charge in [-0.15, -0.1) is 23.4 Å². The lowest BCUT2D eigenvalue weighted by molar-refractivity contribution is -0.274. The van der Waals surface area contributed by atoms with Gasteiger partial charge in [0.2, 0.25) is 5.95 Å². The maximum absolute atomic E-state index is 12.7. The Hall–Kier alpha value is -3.96. The summed E-state index contributed by atoms with van der Waals surface area (Å²) in [5.74, 6) is -1.95. The summed E-state index contributed by atoms with van der Waals surface area (Å²) in [6.07, 6.45) is -4.73. The van der Waals surface area contributed by atoms with Crippen LogP contribution in [0, 0.1) is 6.92 Å². The van der Waals surface area contributed by atoms with Crippen molar-refractivity contribution >= 4 is 5.82 Å². The number of hydrogen-bond donors (Lipinski definition) is 0. The Morgan fingerprint density at radius 1 is 1.20 bits per heavy atom. The minimum Gasteiger partial charge on any atom is -0.406 e. The number of rotatable bonds is 5. The number of benzene rings is 1. The third kappa shape index (κ3) is 3.98. The quantitative estimate of drug-likeness (QED) is 0.392. The highest BCUT2D eigenvalue weighted by Crippen LogP contribution is 2.40. The molecule has 0 saturated carbocycles. The predicted octanol–water partition coefficient (Wildman–Crippen LogP) is 4.80. The second-order valence-electron chi connectivity index (χ2n) is 7.30. The first-order chi connectivity index (χ1) is 21.4. The molecule has 0 amide bonds. The van der Waals surface area contributed by atoms with Crippen molar-refractivity contribution in [2.45, 2.75) is 52.3 Å². The molecule has 9 nitrogen and oxygen atoms in total. The van der Waals surface area contributed by atoms with Gasteiger partial charge < -0.3 is 9.64 Å². The maximum Gasteiger partial charge on any atom is 0.573 e. The van der Waals surface area contributed by atoms with Crippen molar-refractivity contribution in [3.8, 4) is 28.8 Å². The fourth-order valence-electron chi connectivity index (χ4n) is 3.78. The number of ether oxygens (including phenoxy) is 1. The molecule has 1 aliphatic rings. The molecule has 0 radical (unpaired) electrons. The molecule has 182 valence electrons. The molecule has 0 fully saturated rings. The van der Waals surface area contributed by atoms with Gasteiger partial charge in [-0.3, -0.25) is 9.13 Å². The first kappa shape index (κ1) is 12.7. The highest BCUT2D eigenvalue weighted by molar-refractivity contribution is 5.66. The molecule has 5 rings (SSSR count). The Morgan fingerprint density at radius 3 is 2.71 bits per heavy atom. The summed E-state index contributed by atoms with van der Waals surface area (Å²) in [5, 5.41) is 7.55. The van der Waals surface area contributed by atoms with Crippen LogP contribution in [0.15, 0.2) is 43.0 Å². The van der Waals surface area contributed by atoms with Crippen LogP contribution in [0.2, 0.25) is 0 Å². The van der Waals surface area contributed by atoms with E-state index in [4.69, 9.17) is 16.4 Å². The number of imidazole rings is 1. The van der Waals surface area contributed by atoms with Gasteiger partial charge in [0.15, 0.2) is 11.6 Å². The summed E-state index contributed by atoms with van der Waals surface area (Å²) in [4.78, 5) is 13.3. The molecule has 0 N–H and O–H groups in total. The van der Waals surface area contributed by atoms with Crippen molar-refractivity contribution in [2.24, 2.45) is 0 Å². The average Bonchev–Trinajstić information content (AvgIpc) is 3.59.